The molecular weight excluding hydrogens is 310 g/mol. The number of carbonyl (C=O) groups excluding carboxylic acids is 1. The minimum Gasteiger partial charge on any atom is -0.480 e. The van der Waals surface area contributed by atoms with Gasteiger partial charge in [0.05, 0.1) is 13.2 Å². The number of carbonyl (C=O) groups is 1. The Labute approximate surface area is 139 Å². The lowest BCUT2D eigenvalue weighted by atomic mass is 9.96. The number of fused-ring (bicyclic) bond motifs is 1. The lowest BCUT2D eigenvalue weighted by molar-refractivity contribution is -0.147. The summed E-state index contributed by atoms with van der Waals surface area (Å²) in [6.45, 7) is 5.11. The highest BCUT2D eigenvalue weighted by Crippen LogP contribution is 2.38. The smallest absolute Gasteiger partial charge is 0.264 e. The molecule has 1 saturated heterocycles. The molecule has 1 fully saturated rings. The summed E-state index contributed by atoms with van der Waals surface area (Å²) in [4.78, 5) is 14.7. The van der Waals surface area contributed by atoms with E-state index in [0.29, 0.717) is 31.5 Å². The van der Waals surface area contributed by atoms with Crippen molar-refractivity contribution in [2.24, 2.45) is 0 Å². The van der Waals surface area contributed by atoms with Gasteiger partial charge in [-0.2, -0.15) is 0 Å². The Bertz CT molecular complexity index is 760. The lowest BCUT2D eigenvalue weighted by Gasteiger charge is -2.33. The molecule has 0 bridgehead atoms. The van der Waals surface area contributed by atoms with Crippen LogP contribution in [0.5, 0.6) is 5.75 Å². The largest absolute Gasteiger partial charge is 0.480 e. The fourth-order valence-electron chi connectivity index (χ4n) is 3.25. The van der Waals surface area contributed by atoms with Crippen molar-refractivity contribution in [3.05, 3.63) is 41.6 Å². The molecule has 2 aliphatic heterocycles. The summed E-state index contributed by atoms with van der Waals surface area (Å²) in [5, 5.41) is 7.82. The van der Waals surface area contributed by atoms with Crippen LogP contribution in [0.25, 0.3) is 0 Å². The second-order valence-electron chi connectivity index (χ2n) is 6.17. The van der Waals surface area contributed by atoms with E-state index in [4.69, 9.17) is 13.9 Å². The fourth-order valence-corrected chi connectivity index (χ4v) is 3.25. The predicted molar refractivity (Wildman–Crippen MR) is 83.6 cm³/mol. The topological polar surface area (TPSA) is 77.7 Å². The summed E-state index contributed by atoms with van der Waals surface area (Å²) in [6.07, 6.45) is -0.881. The molecule has 1 amide bonds. The van der Waals surface area contributed by atoms with Crippen LogP contribution in [0.15, 0.2) is 28.7 Å². The number of aromatic nitrogens is 2. The van der Waals surface area contributed by atoms with Gasteiger partial charge in [0.2, 0.25) is 11.8 Å². The lowest BCUT2D eigenvalue weighted by Crippen LogP contribution is -2.48. The zero-order chi connectivity index (χ0) is 16.7. The van der Waals surface area contributed by atoms with Gasteiger partial charge >= 0.3 is 0 Å². The summed E-state index contributed by atoms with van der Waals surface area (Å²) in [6, 6.07) is 7.80. The van der Waals surface area contributed by atoms with Crippen molar-refractivity contribution in [3.8, 4) is 5.75 Å². The monoisotopic (exact) mass is 329 g/mol. The molecule has 1 aromatic carbocycles. The van der Waals surface area contributed by atoms with Gasteiger partial charge in [0.1, 0.15) is 5.75 Å². The van der Waals surface area contributed by atoms with Gasteiger partial charge < -0.3 is 18.8 Å². The standard InChI is InChI=1S/C17H19N3O4/c1-10-12-5-3-4-6-13(12)24-15(10)17(21)20-7-8-22-14(9-20)16-19-18-11(2)23-16/h3-6,10,14-15H,7-9H2,1-2H3. The summed E-state index contributed by atoms with van der Waals surface area (Å²) >= 11 is 0. The highest BCUT2D eigenvalue weighted by Gasteiger charge is 2.40. The minimum atomic E-state index is -0.495. The Kier molecular flexibility index (Phi) is 3.72. The molecule has 2 aliphatic rings. The molecule has 0 spiro atoms. The van der Waals surface area contributed by atoms with E-state index in [1.54, 1.807) is 11.8 Å². The SMILES string of the molecule is Cc1nnc(C2CN(C(=O)C3Oc4ccccc4C3C)CCO2)o1. The van der Waals surface area contributed by atoms with Crippen LogP contribution in [0.3, 0.4) is 0 Å². The second-order valence-corrected chi connectivity index (χ2v) is 6.17. The number of hydrogen-bond acceptors (Lipinski definition) is 6. The average molecular weight is 329 g/mol. The quantitative estimate of drug-likeness (QED) is 0.837. The number of rotatable bonds is 2. The van der Waals surface area contributed by atoms with Crippen molar-refractivity contribution in [1.29, 1.82) is 0 Å². The van der Waals surface area contributed by atoms with Gasteiger partial charge in [-0.05, 0) is 6.07 Å². The van der Waals surface area contributed by atoms with E-state index >= 15 is 0 Å². The maximum Gasteiger partial charge on any atom is 0.264 e. The Morgan fingerprint density at radius 1 is 1.29 bits per heavy atom. The average Bonchev–Trinajstić information content (AvgIpc) is 3.19. The van der Waals surface area contributed by atoms with Gasteiger partial charge in [0, 0.05) is 24.9 Å². The number of benzene rings is 1. The molecular formula is C17H19N3O4. The number of para-hydroxylation sites is 1. The Balaban J connectivity index is 1.49. The summed E-state index contributed by atoms with van der Waals surface area (Å²) in [5.41, 5.74) is 1.08. The van der Waals surface area contributed by atoms with Gasteiger partial charge in [-0.3, -0.25) is 4.79 Å². The predicted octanol–water partition coefficient (Wildman–Crippen LogP) is 1.84. The van der Waals surface area contributed by atoms with Crippen molar-refractivity contribution >= 4 is 5.91 Å². The van der Waals surface area contributed by atoms with E-state index in [9.17, 15) is 4.79 Å². The summed E-state index contributed by atoms with van der Waals surface area (Å²) < 4.78 is 17.0. The Hall–Kier alpha value is -2.41. The van der Waals surface area contributed by atoms with E-state index in [-0.39, 0.29) is 17.9 Å². The van der Waals surface area contributed by atoms with Crippen LogP contribution in [-0.2, 0) is 9.53 Å². The second kappa shape index (κ2) is 5.90. The number of ether oxygens (including phenoxy) is 2. The third-order valence-electron chi connectivity index (χ3n) is 4.56. The van der Waals surface area contributed by atoms with Crippen LogP contribution in [0.2, 0.25) is 0 Å². The van der Waals surface area contributed by atoms with E-state index in [1.165, 1.54) is 0 Å². The van der Waals surface area contributed by atoms with Crippen LogP contribution in [-0.4, -0.2) is 46.8 Å². The molecule has 0 aliphatic carbocycles. The first-order chi connectivity index (χ1) is 11.6. The maximum absolute atomic E-state index is 12.9. The van der Waals surface area contributed by atoms with E-state index in [0.717, 1.165) is 11.3 Å². The zero-order valence-electron chi connectivity index (χ0n) is 13.6. The Morgan fingerprint density at radius 2 is 2.12 bits per heavy atom. The summed E-state index contributed by atoms with van der Waals surface area (Å²) in [7, 11) is 0. The van der Waals surface area contributed by atoms with E-state index in [2.05, 4.69) is 10.2 Å². The first-order valence-electron chi connectivity index (χ1n) is 8.09. The molecule has 3 atom stereocenters. The van der Waals surface area contributed by atoms with Gasteiger partial charge in [-0.15, -0.1) is 10.2 Å². The van der Waals surface area contributed by atoms with E-state index < -0.39 is 6.10 Å². The molecule has 7 nitrogen and oxygen atoms in total. The fraction of sp³-hybridized carbons (Fsp3) is 0.471. The number of morpholine rings is 1. The molecule has 7 heteroatoms. The van der Waals surface area contributed by atoms with Gasteiger partial charge in [-0.25, -0.2) is 0 Å². The number of aryl methyl sites for hydroxylation is 1. The van der Waals surface area contributed by atoms with E-state index in [1.807, 2.05) is 31.2 Å². The summed E-state index contributed by atoms with van der Waals surface area (Å²) in [5.74, 6) is 1.69. The maximum atomic E-state index is 12.9. The number of hydrogen-bond donors (Lipinski definition) is 0. The Morgan fingerprint density at radius 3 is 2.88 bits per heavy atom. The van der Waals surface area contributed by atoms with Crippen LogP contribution in [0.1, 0.15) is 36.3 Å². The third-order valence-corrected chi connectivity index (χ3v) is 4.56. The molecule has 3 unspecified atom stereocenters. The van der Waals surface area contributed by atoms with Gasteiger partial charge in [-0.1, -0.05) is 25.1 Å². The van der Waals surface area contributed by atoms with Crippen molar-refractivity contribution in [3.63, 3.8) is 0 Å². The molecule has 0 N–H and O–H groups in total. The van der Waals surface area contributed by atoms with Crippen LogP contribution >= 0.6 is 0 Å². The minimum absolute atomic E-state index is 0.0248. The molecule has 126 valence electrons. The normalized spacial score (nSPS) is 26.1. The van der Waals surface area contributed by atoms with Crippen molar-refractivity contribution in [2.75, 3.05) is 19.7 Å². The molecule has 24 heavy (non-hydrogen) atoms. The van der Waals surface area contributed by atoms with Crippen molar-refractivity contribution in [1.82, 2.24) is 15.1 Å². The van der Waals surface area contributed by atoms with Crippen LogP contribution < -0.4 is 4.74 Å². The van der Waals surface area contributed by atoms with Crippen LogP contribution in [0.4, 0.5) is 0 Å². The van der Waals surface area contributed by atoms with Crippen molar-refractivity contribution < 1.29 is 18.7 Å². The van der Waals surface area contributed by atoms with Crippen LogP contribution in [0, 0.1) is 6.92 Å². The highest BCUT2D eigenvalue weighted by atomic mass is 16.5. The highest BCUT2D eigenvalue weighted by molar-refractivity contribution is 5.83. The molecule has 0 saturated carbocycles. The molecule has 2 aromatic rings. The third kappa shape index (κ3) is 2.54. The number of amides is 1. The number of nitrogens with zero attached hydrogens (tertiary/aromatic N) is 3. The zero-order valence-corrected chi connectivity index (χ0v) is 13.6. The van der Waals surface area contributed by atoms with Gasteiger partial charge in [0.25, 0.3) is 5.91 Å². The molecule has 1 aromatic heterocycles. The molecule has 3 heterocycles. The van der Waals surface area contributed by atoms with Gasteiger partial charge in [0.15, 0.2) is 12.2 Å². The first-order valence-corrected chi connectivity index (χ1v) is 8.09. The molecule has 0 radical (unpaired) electrons. The first kappa shape index (κ1) is 15.1. The molecule has 4 rings (SSSR count). The van der Waals surface area contributed by atoms with Crippen molar-refractivity contribution in [2.45, 2.75) is 32.0 Å².